The lowest BCUT2D eigenvalue weighted by Crippen LogP contribution is -2.15. The van der Waals surface area contributed by atoms with Crippen LogP contribution in [0.4, 0.5) is 0 Å². The first-order valence-corrected chi connectivity index (χ1v) is 5.99. The Hall–Kier alpha value is -1.64. The SMILES string of the molecule is CCC(CC)C(=O)c1ccc(CC(N)=O)cc1. The fourth-order valence-corrected chi connectivity index (χ4v) is 1.88. The van der Waals surface area contributed by atoms with Gasteiger partial charge in [-0.15, -0.1) is 0 Å². The minimum atomic E-state index is -0.357. The number of hydrogen-bond acceptors (Lipinski definition) is 2. The number of Topliss-reactive ketones (excluding diaryl/α,β-unsaturated/α-hetero) is 1. The third-order valence-electron chi connectivity index (χ3n) is 2.97. The lowest BCUT2D eigenvalue weighted by molar-refractivity contribution is -0.117. The van der Waals surface area contributed by atoms with Crippen LogP contribution in [0.25, 0.3) is 0 Å². The molecule has 2 N–H and O–H groups in total. The van der Waals surface area contributed by atoms with Gasteiger partial charge in [0.2, 0.25) is 5.91 Å². The summed E-state index contributed by atoms with van der Waals surface area (Å²) in [6.45, 7) is 4.04. The standard InChI is InChI=1S/C14H19NO2/c1-3-11(4-2)14(17)12-7-5-10(6-8-12)9-13(15)16/h5-8,11H,3-4,9H2,1-2H3,(H2,15,16). The van der Waals surface area contributed by atoms with E-state index in [0.29, 0.717) is 5.56 Å². The van der Waals surface area contributed by atoms with E-state index in [4.69, 9.17) is 5.73 Å². The molecule has 1 aromatic carbocycles. The first-order chi connectivity index (χ1) is 8.08. The van der Waals surface area contributed by atoms with Crippen molar-refractivity contribution in [1.29, 1.82) is 0 Å². The monoisotopic (exact) mass is 233 g/mol. The van der Waals surface area contributed by atoms with Crippen LogP contribution in [-0.2, 0) is 11.2 Å². The molecule has 0 aliphatic heterocycles. The molecule has 1 amide bonds. The minimum Gasteiger partial charge on any atom is -0.369 e. The predicted molar refractivity (Wildman–Crippen MR) is 67.7 cm³/mol. The normalized spacial score (nSPS) is 10.5. The quantitative estimate of drug-likeness (QED) is 0.766. The van der Waals surface area contributed by atoms with E-state index in [1.165, 1.54) is 0 Å². The number of hydrogen-bond donors (Lipinski definition) is 1. The molecule has 0 fully saturated rings. The van der Waals surface area contributed by atoms with Crippen molar-refractivity contribution < 1.29 is 9.59 Å². The molecule has 0 aliphatic rings. The van der Waals surface area contributed by atoms with Gasteiger partial charge in [0.25, 0.3) is 0 Å². The summed E-state index contributed by atoms with van der Waals surface area (Å²) in [5.41, 5.74) is 6.67. The number of primary amides is 1. The maximum Gasteiger partial charge on any atom is 0.221 e. The topological polar surface area (TPSA) is 60.2 Å². The second-order valence-corrected chi connectivity index (χ2v) is 4.22. The summed E-state index contributed by atoms with van der Waals surface area (Å²) in [7, 11) is 0. The smallest absolute Gasteiger partial charge is 0.221 e. The summed E-state index contributed by atoms with van der Waals surface area (Å²) in [5.74, 6) is -0.0818. The largest absolute Gasteiger partial charge is 0.369 e. The Kier molecular flexibility index (Phi) is 4.88. The number of rotatable bonds is 6. The minimum absolute atomic E-state index is 0.0944. The predicted octanol–water partition coefficient (Wildman–Crippen LogP) is 2.33. The van der Waals surface area contributed by atoms with Crippen LogP contribution >= 0.6 is 0 Å². The Balaban J connectivity index is 2.80. The molecule has 1 aromatic rings. The van der Waals surface area contributed by atoms with Crippen LogP contribution in [0.1, 0.15) is 42.6 Å². The average molecular weight is 233 g/mol. The maximum absolute atomic E-state index is 12.0. The van der Waals surface area contributed by atoms with Gasteiger partial charge in [-0.3, -0.25) is 9.59 Å². The molecule has 0 aromatic heterocycles. The van der Waals surface area contributed by atoms with Crippen LogP contribution in [0.15, 0.2) is 24.3 Å². The number of carbonyl (C=O) groups is 2. The van der Waals surface area contributed by atoms with Gasteiger partial charge in [-0.2, -0.15) is 0 Å². The second-order valence-electron chi connectivity index (χ2n) is 4.22. The molecule has 0 saturated carbocycles. The zero-order chi connectivity index (χ0) is 12.8. The molecule has 0 aliphatic carbocycles. The van der Waals surface area contributed by atoms with Gasteiger partial charge < -0.3 is 5.73 Å². The lowest BCUT2D eigenvalue weighted by atomic mass is 9.92. The van der Waals surface area contributed by atoms with E-state index < -0.39 is 0 Å². The molecular formula is C14H19NO2. The molecule has 0 bridgehead atoms. The molecular weight excluding hydrogens is 214 g/mol. The lowest BCUT2D eigenvalue weighted by Gasteiger charge is -2.11. The first-order valence-electron chi connectivity index (χ1n) is 5.99. The van der Waals surface area contributed by atoms with Crippen molar-refractivity contribution in [2.45, 2.75) is 33.1 Å². The van der Waals surface area contributed by atoms with Gasteiger partial charge in [-0.1, -0.05) is 38.1 Å². The van der Waals surface area contributed by atoms with Crippen molar-refractivity contribution in [3.63, 3.8) is 0 Å². The molecule has 0 atom stereocenters. The van der Waals surface area contributed by atoms with E-state index in [-0.39, 0.29) is 24.0 Å². The summed E-state index contributed by atoms with van der Waals surface area (Å²) in [6.07, 6.45) is 1.94. The van der Waals surface area contributed by atoms with Crippen molar-refractivity contribution in [1.82, 2.24) is 0 Å². The number of ketones is 1. The highest BCUT2D eigenvalue weighted by molar-refractivity contribution is 5.97. The van der Waals surface area contributed by atoms with E-state index in [1.807, 2.05) is 13.8 Å². The average Bonchev–Trinajstić information content (AvgIpc) is 2.30. The van der Waals surface area contributed by atoms with E-state index in [0.717, 1.165) is 18.4 Å². The molecule has 0 saturated heterocycles. The molecule has 0 unspecified atom stereocenters. The summed E-state index contributed by atoms with van der Waals surface area (Å²) >= 11 is 0. The van der Waals surface area contributed by atoms with Crippen LogP contribution in [0.2, 0.25) is 0 Å². The zero-order valence-electron chi connectivity index (χ0n) is 10.4. The maximum atomic E-state index is 12.0. The second kappa shape index (κ2) is 6.18. The fourth-order valence-electron chi connectivity index (χ4n) is 1.88. The molecule has 1 rings (SSSR count). The Bertz CT molecular complexity index is 391. The van der Waals surface area contributed by atoms with Gasteiger partial charge in [0.1, 0.15) is 0 Å². The van der Waals surface area contributed by atoms with Crippen molar-refractivity contribution in [2.75, 3.05) is 0 Å². The number of carbonyl (C=O) groups excluding carboxylic acids is 2. The number of nitrogens with two attached hydrogens (primary N) is 1. The van der Waals surface area contributed by atoms with Gasteiger partial charge in [0, 0.05) is 11.5 Å². The van der Waals surface area contributed by atoms with Crippen LogP contribution in [0, 0.1) is 5.92 Å². The summed E-state index contributed by atoms with van der Waals surface area (Å²) in [6, 6.07) is 7.14. The molecule has 3 heteroatoms. The molecule has 3 nitrogen and oxygen atoms in total. The van der Waals surface area contributed by atoms with Gasteiger partial charge in [0.15, 0.2) is 5.78 Å². The molecule has 17 heavy (non-hydrogen) atoms. The fraction of sp³-hybridized carbons (Fsp3) is 0.429. The third kappa shape index (κ3) is 3.70. The van der Waals surface area contributed by atoms with Crippen molar-refractivity contribution in [3.05, 3.63) is 35.4 Å². The Morgan fingerprint density at radius 2 is 1.65 bits per heavy atom. The van der Waals surface area contributed by atoms with Gasteiger partial charge in [-0.25, -0.2) is 0 Å². The number of amides is 1. The summed E-state index contributed by atoms with van der Waals surface area (Å²) in [5, 5.41) is 0. The summed E-state index contributed by atoms with van der Waals surface area (Å²) < 4.78 is 0. The highest BCUT2D eigenvalue weighted by Gasteiger charge is 2.15. The third-order valence-corrected chi connectivity index (χ3v) is 2.97. The molecule has 0 heterocycles. The van der Waals surface area contributed by atoms with Crippen LogP contribution < -0.4 is 5.73 Å². The van der Waals surface area contributed by atoms with E-state index >= 15 is 0 Å². The Morgan fingerprint density at radius 3 is 2.06 bits per heavy atom. The molecule has 92 valence electrons. The van der Waals surface area contributed by atoms with Crippen molar-refractivity contribution in [2.24, 2.45) is 11.7 Å². The van der Waals surface area contributed by atoms with Crippen LogP contribution in [-0.4, -0.2) is 11.7 Å². The summed E-state index contributed by atoms with van der Waals surface area (Å²) in [4.78, 5) is 22.8. The van der Waals surface area contributed by atoms with Crippen molar-refractivity contribution in [3.8, 4) is 0 Å². The number of benzene rings is 1. The van der Waals surface area contributed by atoms with Crippen LogP contribution in [0.3, 0.4) is 0 Å². The van der Waals surface area contributed by atoms with Gasteiger partial charge in [0.05, 0.1) is 6.42 Å². The highest BCUT2D eigenvalue weighted by Crippen LogP contribution is 2.16. The van der Waals surface area contributed by atoms with Gasteiger partial charge >= 0.3 is 0 Å². The van der Waals surface area contributed by atoms with Crippen LogP contribution in [0.5, 0.6) is 0 Å². The highest BCUT2D eigenvalue weighted by atomic mass is 16.1. The molecule has 0 spiro atoms. The zero-order valence-corrected chi connectivity index (χ0v) is 10.4. The molecule has 0 radical (unpaired) electrons. The van der Waals surface area contributed by atoms with E-state index in [2.05, 4.69) is 0 Å². The Labute approximate surface area is 102 Å². The van der Waals surface area contributed by atoms with E-state index in [1.54, 1.807) is 24.3 Å². The Morgan fingerprint density at radius 1 is 1.12 bits per heavy atom. The van der Waals surface area contributed by atoms with Gasteiger partial charge in [-0.05, 0) is 18.4 Å². The van der Waals surface area contributed by atoms with E-state index in [9.17, 15) is 9.59 Å². The first kappa shape index (κ1) is 13.4. The van der Waals surface area contributed by atoms with Crippen molar-refractivity contribution >= 4 is 11.7 Å².